The second kappa shape index (κ2) is 7.28. The van der Waals surface area contributed by atoms with Gasteiger partial charge >= 0.3 is 0 Å². The molecule has 0 unspecified atom stereocenters. The van der Waals surface area contributed by atoms with E-state index in [9.17, 15) is 10.1 Å². The first-order valence-electron chi connectivity index (χ1n) is 7.86. The van der Waals surface area contributed by atoms with Crippen molar-refractivity contribution in [3.8, 4) is 17.7 Å². The van der Waals surface area contributed by atoms with E-state index in [1.165, 1.54) is 6.20 Å². The molecule has 0 fully saturated rings. The molecule has 0 bridgehead atoms. The number of hydrogen-bond donors (Lipinski definition) is 2. The molecule has 130 valence electrons. The molecule has 2 aromatic rings. The molecule has 0 saturated carbocycles. The maximum atomic E-state index is 11.9. The maximum Gasteiger partial charge on any atom is 0.246 e. The first kappa shape index (κ1) is 18.4. The summed E-state index contributed by atoms with van der Waals surface area (Å²) in [6.07, 6.45) is 1.48. The van der Waals surface area contributed by atoms with Crippen LogP contribution < -0.4 is 15.8 Å². The molecule has 25 heavy (non-hydrogen) atoms. The molecule has 2 rings (SSSR count). The van der Waals surface area contributed by atoms with Crippen LogP contribution in [-0.2, 0) is 4.79 Å². The zero-order valence-electron chi connectivity index (χ0n) is 14.7. The van der Waals surface area contributed by atoms with Gasteiger partial charge in [0.1, 0.15) is 5.75 Å². The molecular weight excluding hydrogens is 318 g/mol. The van der Waals surface area contributed by atoms with Crippen LogP contribution in [0.3, 0.4) is 0 Å². The monoisotopic (exact) mass is 339 g/mol. The van der Waals surface area contributed by atoms with Gasteiger partial charge < -0.3 is 10.5 Å². The van der Waals surface area contributed by atoms with Crippen LogP contribution in [0.25, 0.3) is 0 Å². The molecule has 0 atom stereocenters. The van der Waals surface area contributed by atoms with Gasteiger partial charge in [-0.2, -0.15) is 10.2 Å². The molecular formula is C18H21N5O2. The van der Waals surface area contributed by atoms with Gasteiger partial charge in [0.2, 0.25) is 17.7 Å². The molecule has 0 aliphatic carbocycles. The van der Waals surface area contributed by atoms with Gasteiger partial charge in [0.05, 0.1) is 17.2 Å². The van der Waals surface area contributed by atoms with Crippen LogP contribution in [0.2, 0.25) is 0 Å². The van der Waals surface area contributed by atoms with Crippen molar-refractivity contribution in [2.24, 2.45) is 5.73 Å². The molecule has 1 amide bonds. The van der Waals surface area contributed by atoms with Crippen LogP contribution in [0.4, 0.5) is 5.95 Å². The number of hydrogen-bond acceptors (Lipinski definition) is 6. The first-order valence-corrected chi connectivity index (χ1v) is 7.86. The minimum Gasteiger partial charge on any atom is -0.439 e. The maximum absolute atomic E-state index is 11.9. The molecule has 0 radical (unpaired) electrons. The number of amides is 1. The summed E-state index contributed by atoms with van der Waals surface area (Å²) in [5, 5.41) is 11.7. The van der Waals surface area contributed by atoms with Gasteiger partial charge in [0.25, 0.3) is 0 Å². The molecule has 1 heterocycles. The van der Waals surface area contributed by atoms with E-state index >= 15 is 0 Å². The van der Waals surface area contributed by atoms with Crippen LogP contribution in [-0.4, -0.2) is 21.4 Å². The number of benzene rings is 1. The minimum atomic E-state index is -1.04. The number of nitrogens with zero attached hydrogens (tertiary/aromatic N) is 3. The topological polar surface area (TPSA) is 114 Å². The number of anilines is 1. The third-order valence-corrected chi connectivity index (χ3v) is 3.43. The van der Waals surface area contributed by atoms with E-state index < -0.39 is 11.4 Å². The normalized spacial score (nSPS) is 11.1. The SMILES string of the molecule is CC(C)c1cc(Oc2ccnc(NC(=O)C(C)(C)N)n2)ccc1C#N. The molecule has 1 aromatic carbocycles. The summed E-state index contributed by atoms with van der Waals surface area (Å²) in [5.74, 6) is 0.728. The van der Waals surface area contributed by atoms with Crippen molar-refractivity contribution in [1.29, 1.82) is 5.26 Å². The number of ether oxygens (including phenoxy) is 1. The Hall–Kier alpha value is -2.98. The summed E-state index contributed by atoms with van der Waals surface area (Å²) in [6, 6.07) is 8.98. The third-order valence-electron chi connectivity index (χ3n) is 3.43. The average molecular weight is 339 g/mol. The van der Waals surface area contributed by atoms with E-state index in [-0.39, 0.29) is 17.7 Å². The second-order valence-corrected chi connectivity index (χ2v) is 6.51. The fraction of sp³-hybridized carbons (Fsp3) is 0.333. The standard InChI is InChI=1S/C18H21N5O2/c1-11(2)14-9-13(6-5-12(14)10-19)25-15-7-8-21-17(22-15)23-16(24)18(3,4)20/h5-9,11H,20H2,1-4H3,(H,21,22,23,24). The smallest absolute Gasteiger partial charge is 0.246 e. The van der Waals surface area contributed by atoms with E-state index in [4.69, 9.17) is 10.5 Å². The van der Waals surface area contributed by atoms with Crippen molar-refractivity contribution in [2.45, 2.75) is 39.2 Å². The second-order valence-electron chi connectivity index (χ2n) is 6.51. The lowest BCUT2D eigenvalue weighted by Gasteiger charge is -2.17. The Morgan fingerprint density at radius 1 is 1.36 bits per heavy atom. The zero-order chi connectivity index (χ0) is 18.6. The Morgan fingerprint density at radius 2 is 2.08 bits per heavy atom. The van der Waals surface area contributed by atoms with Gasteiger partial charge in [0, 0.05) is 12.3 Å². The lowest BCUT2D eigenvalue weighted by Crippen LogP contribution is -2.45. The highest BCUT2D eigenvalue weighted by Gasteiger charge is 2.22. The van der Waals surface area contributed by atoms with Gasteiger partial charge in [-0.25, -0.2) is 4.98 Å². The van der Waals surface area contributed by atoms with Crippen LogP contribution >= 0.6 is 0 Å². The molecule has 7 nitrogen and oxygen atoms in total. The summed E-state index contributed by atoms with van der Waals surface area (Å²) >= 11 is 0. The Labute approximate surface area is 146 Å². The van der Waals surface area contributed by atoms with Crippen LogP contribution in [0.1, 0.15) is 44.7 Å². The largest absolute Gasteiger partial charge is 0.439 e. The Bertz CT molecular complexity index is 819. The predicted molar refractivity (Wildman–Crippen MR) is 94.2 cm³/mol. The van der Waals surface area contributed by atoms with Crippen LogP contribution in [0, 0.1) is 11.3 Å². The van der Waals surface area contributed by atoms with Crippen LogP contribution in [0.5, 0.6) is 11.6 Å². The molecule has 7 heteroatoms. The number of nitrogens with two attached hydrogens (primary N) is 1. The summed E-state index contributed by atoms with van der Waals surface area (Å²) in [7, 11) is 0. The predicted octanol–water partition coefficient (Wildman–Crippen LogP) is 2.94. The molecule has 3 N–H and O–H groups in total. The fourth-order valence-electron chi connectivity index (χ4n) is 2.03. The summed E-state index contributed by atoms with van der Waals surface area (Å²) < 4.78 is 5.73. The molecule has 0 aliphatic heterocycles. The van der Waals surface area contributed by atoms with E-state index in [2.05, 4.69) is 21.4 Å². The summed E-state index contributed by atoms with van der Waals surface area (Å²) in [4.78, 5) is 20.0. The quantitative estimate of drug-likeness (QED) is 0.865. The lowest BCUT2D eigenvalue weighted by atomic mass is 9.98. The van der Waals surface area contributed by atoms with E-state index in [1.807, 2.05) is 19.9 Å². The Balaban J connectivity index is 2.22. The lowest BCUT2D eigenvalue weighted by molar-refractivity contribution is -0.120. The van der Waals surface area contributed by atoms with Gasteiger partial charge in [-0.15, -0.1) is 0 Å². The van der Waals surface area contributed by atoms with E-state index in [1.54, 1.807) is 32.0 Å². The average Bonchev–Trinajstić information content (AvgIpc) is 2.54. The number of aromatic nitrogens is 2. The number of carbonyl (C=O) groups excluding carboxylic acids is 1. The van der Waals surface area contributed by atoms with Crippen molar-refractivity contribution in [1.82, 2.24) is 9.97 Å². The molecule has 0 spiro atoms. The highest BCUT2D eigenvalue weighted by atomic mass is 16.5. The van der Waals surface area contributed by atoms with Gasteiger partial charge in [-0.3, -0.25) is 10.1 Å². The highest BCUT2D eigenvalue weighted by Crippen LogP contribution is 2.27. The van der Waals surface area contributed by atoms with Gasteiger partial charge in [-0.1, -0.05) is 13.8 Å². The van der Waals surface area contributed by atoms with Crippen molar-refractivity contribution in [3.63, 3.8) is 0 Å². The van der Waals surface area contributed by atoms with Crippen molar-refractivity contribution in [3.05, 3.63) is 41.6 Å². The van der Waals surface area contributed by atoms with E-state index in [0.29, 0.717) is 11.3 Å². The van der Waals surface area contributed by atoms with Crippen LogP contribution in [0.15, 0.2) is 30.5 Å². The molecule has 0 saturated heterocycles. The summed E-state index contributed by atoms with van der Waals surface area (Å²) in [6.45, 7) is 7.19. The minimum absolute atomic E-state index is 0.110. The number of carbonyl (C=O) groups is 1. The van der Waals surface area contributed by atoms with Gasteiger partial charge in [0.15, 0.2) is 0 Å². The highest BCUT2D eigenvalue weighted by molar-refractivity contribution is 5.95. The van der Waals surface area contributed by atoms with E-state index in [0.717, 1.165) is 5.56 Å². The van der Waals surface area contributed by atoms with Crippen molar-refractivity contribution < 1.29 is 9.53 Å². The Kier molecular flexibility index (Phi) is 5.35. The molecule has 1 aromatic heterocycles. The summed E-state index contributed by atoms with van der Waals surface area (Å²) in [5.41, 5.74) is 6.20. The number of nitrogens with one attached hydrogen (secondary N) is 1. The fourth-order valence-corrected chi connectivity index (χ4v) is 2.03. The first-order chi connectivity index (χ1) is 11.7. The van der Waals surface area contributed by atoms with Crippen molar-refractivity contribution in [2.75, 3.05) is 5.32 Å². The van der Waals surface area contributed by atoms with Crippen molar-refractivity contribution >= 4 is 11.9 Å². The Morgan fingerprint density at radius 3 is 2.68 bits per heavy atom. The number of nitriles is 1. The number of rotatable bonds is 5. The molecule has 0 aliphatic rings. The third kappa shape index (κ3) is 4.75. The zero-order valence-corrected chi connectivity index (χ0v) is 14.7. The van der Waals surface area contributed by atoms with Gasteiger partial charge in [-0.05, 0) is 43.5 Å².